The van der Waals surface area contributed by atoms with Gasteiger partial charge in [-0.2, -0.15) is 0 Å². The number of rotatable bonds is 11. The summed E-state index contributed by atoms with van der Waals surface area (Å²) >= 11 is 0. The molecule has 3 unspecified atom stereocenters. The Bertz CT molecular complexity index is 911. The zero-order valence-electron chi connectivity index (χ0n) is 17.6. The molecule has 0 bridgehead atoms. The van der Waals surface area contributed by atoms with Gasteiger partial charge in [0, 0.05) is 30.7 Å². The molecule has 31 heavy (non-hydrogen) atoms. The molecule has 4 aliphatic rings. The summed E-state index contributed by atoms with van der Waals surface area (Å²) in [7, 11) is 0. The van der Waals surface area contributed by atoms with E-state index in [1.54, 1.807) is 0 Å². The number of hydrogen-bond donors (Lipinski definition) is 0. The molecule has 0 N–H and O–H groups in total. The van der Waals surface area contributed by atoms with Gasteiger partial charge >= 0.3 is 0 Å². The molecule has 0 aliphatic carbocycles. The summed E-state index contributed by atoms with van der Waals surface area (Å²) in [5, 5.41) is 0. The van der Waals surface area contributed by atoms with Gasteiger partial charge in [0.2, 0.25) is 0 Å². The minimum Gasteiger partial charge on any atom is -0.485 e. The van der Waals surface area contributed by atoms with Gasteiger partial charge in [-0.1, -0.05) is 24.3 Å². The van der Waals surface area contributed by atoms with Crippen LogP contribution in [0.2, 0.25) is 0 Å². The standard InChI is InChI=1S/C25H28N2O4/c1-5-20(26(10-22-14-28-22)11-23-15-29-23)6-2-18(1)9-19-3-7-21(8-4-19)27(12-24-16-30-24)13-25-17-31-25/h1-8,10,23-25H,9,11-17H2/b22-10+. The van der Waals surface area contributed by atoms with E-state index < -0.39 is 0 Å². The van der Waals surface area contributed by atoms with Crippen molar-refractivity contribution in [3.05, 3.63) is 71.6 Å². The quantitative estimate of drug-likeness (QED) is 0.521. The third kappa shape index (κ3) is 5.39. The average Bonchev–Trinajstić information content (AvgIpc) is 3.63. The first-order chi connectivity index (χ1) is 15.3. The lowest BCUT2D eigenvalue weighted by molar-refractivity contribution is 0.389. The zero-order chi connectivity index (χ0) is 20.6. The maximum atomic E-state index is 5.44. The van der Waals surface area contributed by atoms with Gasteiger partial charge in [-0.3, -0.25) is 0 Å². The highest BCUT2D eigenvalue weighted by Crippen LogP contribution is 2.26. The van der Waals surface area contributed by atoms with Crippen LogP contribution in [0.1, 0.15) is 11.1 Å². The predicted octanol–water partition coefficient (Wildman–Crippen LogP) is 2.96. The molecule has 0 saturated carbocycles. The largest absolute Gasteiger partial charge is 0.485 e. The number of hydrogen-bond acceptors (Lipinski definition) is 6. The first-order valence-corrected chi connectivity index (χ1v) is 11.2. The number of anilines is 2. The van der Waals surface area contributed by atoms with Crippen molar-refractivity contribution in [3.8, 4) is 0 Å². The average molecular weight is 421 g/mol. The van der Waals surface area contributed by atoms with Crippen molar-refractivity contribution in [1.29, 1.82) is 0 Å². The van der Waals surface area contributed by atoms with E-state index in [-0.39, 0.29) is 0 Å². The van der Waals surface area contributed by atoms with Crippen molar-refractivity contribution < 1.29 is 18.9 Å². The molecule has 0 radical (unpaired) electrons. The van der Waals surface area contributed by atoms with E-state index in [4.69, 9.17) is 18.9 Å². The summed E-state index contributed by atoms with van der Waals surface area (Å²) in [6.45, 7) is 6.13. The summed E-state index contributed by atoms with van der Waals surface area (Å²) in [6.07, 6.45) is 4.12. The van der Waals surface area contributed by atoms with Crippen LogP contribution in [-0.4, -0.2) is 64.4 Å². The molecule has 6 nitrogen and oxygen atoms in total. The van der Waals surface area contributed by atoms with Crippen molar-refractivity contribution in [3.63, 3.8) is 0 Å². The minimum atomic E-state index is 0.339. The smallest absolute Gasteiger partial charge is 0.150 e. The third-order valence-electron chi connectivity index (χ3n) is 6.04. The molecule has 4 fully saturated rings. The van der Waals surface area contributed by atoms with E-state index in [0.29, 0.717) is 18.3 Å². The number of epoxide rings is 4. The highest BCUT2D eigenvalue weighted by atomic mass is 16.6. The Kier molecular flexibility index (Phi) is 5.06. The number of nitrogens with zero attached hydrogens (tertiary/aromatic N) is 2. The molecule has 2 aromatic carbocycles. The minimum absolute atomic E-state index is 0.339. The number of ether oxygens (including phenoxy) is 4. The molecule has 0 spiro atoms. The predicted molar refractivity (Wildman–Crippen MR) is 119 cm³/mol. The van der Waals surface area contributed by atoms with E-state index in [2.05, 4.69) is 64.5 Å². The van der Waals surface area contributed by atoms with Gasteiger partial charge in [-0.15, -0.1) is 0 Å². The molecule has 0 amide bonds. The Balaban J connectivity index is 1.10. The maximum absolute atomic E-state index is 5.44. The van der Waals surface area contributed by atoms with Crippen LogP contribution >= 0.6 is 0 Å². The van der Waals surface area contributed by atoms with Crippen molar-refractivity contribution in [1.82, 2.24) is 0 Å². The number of benzene rings is 2. The van der Waals surface area contributed by atoms with Crippen LogP contribution in [0.25, 0.3) is 0 Å². The van der Waals surface area contributed by atoms with Gasteiger partial charge in [0.25, 0.3) is 0 Å². The zero-order valence-corrected chi connectivity index (χ0v) is 17.6. The molecule has 162 valence electrons. The first-order valence-electron chi connectivity index (χ1n) is 11.2. The van der Waals surface area contributed by atoms with Gasteiger partial charge < -0.3 is 28.7 Å². The van der Waals surface area contributed by atoms with Gasteiger partial charge in [-0.25, -0.2) is 0 Å². The monoisotopic (exact) mass is 420 g/mol. The fourth-order valence-corrected chi connectivity index (χ4v) is 3.90. The molecule has 3 atom stereocenters. The van der Waals surface area contributed by atoms with Crippen LogP contribution in [0.3, 0.4) is 0 Å². The molecule has 6 heteroatoms. The molecule has 6 rings (SSSR count). The lowest BCUT2D eigenvalue weighted by Gasteiger charge is -2.23. The van der Waals surface area contributed by atoms with E-state index in [1.807, 2.05) is 0 Å². The molecule has 0 aromatic heterocycles. The summed E-state index contributed by atoms with van der Waals surface area (Å²) in [5.41, 5.74) is 5.05. The Morgan fingerprint density at radius 1 is 0.710 bits per heavy atom. The Labute approximate surface area is 182 Å². The van der Waals surface area contributed by atoms with Gasteiger partial charge in [-0.05, 0) is 41.8 Å². The van der Waals surface area contributed by atoms with Crippen LogP contribution in [0.15, 0.2) is 60.5 Å². The second kappa shape index (κ2) is 8.19. The Hall–Kier alpha value is -2.54. The van der Waals surface area contributed by atoms with Crippen LogP contribution in [0, 0.1) is 0 Å². The van der Waals surface area contributed by atoms with Crippen molar-refractivity contribution in [2.45, 2.75) is 24.7 Å². The summed E-state index contributed by atoms with van der Waals surface area (Å²) in [4.78, 5) is 4.63. The summed E-state index contributed by atoms with van der Waals surface area (Å²) < 4.78 is 21.6. The van der Waals surface area contributed by atoms with Crippen LogP contribution in [0.4, 0.5) is 11.4 Å². The first kappa shape index (κ1) is 19.2. The highest BCUT2D eigenvalue weighted by Gasteiger charge is 2.31. The topological polar surface area (TPSA) is 56.6 Å². The lowest BCUT2D eigenvalue weighted by Crippen LogP contribution is -2.31. The summed E-state index contributed by atoms with van der Waals surface area (Å²) in [5.74, 6) is 1.04. The van der Waals surface area contributed by atoms with Gasteiger partial charge in [0.15, 0.2) is 5.76 Å². The van der Waals surface area contributed by atoms with E-state index in [9.17, 15) is 0 Å². The normalized spacial score (nSPS) is 26.3. The molecular weight excluding hydrogens is 392 g/mol. The van der Waals surface area contributed by atoms with Crippen LogP contribution < -0.4 is 9.80 Å². The highest BCUT2D eigenvalue weighted by molar-refractivity contribution is 5.52. The SMILES string of the molecule is C(=C1/CO1)/N(CC1CO1)c1ccc(Cc2ccc(N(CC3CO3)CC3CO3)cc2)cc1. The molecular formula is C25H28N2O4. The fraction of sp³-hybridized carbons (Fsp3) is 0.440. The second-order valence-electron chi connectivity index (χ2n) is 8.82. The molecule has 4 aliphatic heterocycles. The maximum Gasteiger partial charge on any atom is 0.150 e. The van der Waals surface area contributed by atoms with E-state index in [1.165, 1.54) is 22.5 Å². The van der Waals surface area contributed by atoms with Crippen LogP contribution in [-0.2, 0) is 25.4 Å². The molecule has 4 heterocycles. The van der Waals surface area contributed by atoms with E-state index in [0.717, 1.165) is 58.2 Å². The van der Waals surface area contributed by atoms with Gasteiger partial charge in [0.1, 0.15) is 6.61 Å². The van der Waals surface area contributed by atoms with Crippen molar-refractivity contribution in [2.75, 3.05) is 55.9 Å². The van der Waals surface area contributed by atoms with Crippen LogP contribution in [0.5, 0.6) is 0 Å². The fourth-order valence-electron chi connectivity index (χ4n) is 3.90. The Morgan fingerprint density at radius 2 is 1.19 bits per heavy atom. The van der Waals surface area contributed by atoms with Gasteiger partial charge in [0.05, 0.1) is 44.7 Å². The van der Waals surface area contributed by atoms with Crippen molar-refractivity contribution in [2.24, 2.45) is 0 Å². The Morgan fingerprint density at radius 3 is 1.68 bits per heavy atom. The van der Waals surface area contributed by atoms with E-state index >= 15 is 0 Å². The van der Waals surface area contributed by atoms with Crippen molar-refractivity contribution >= 4 is 11.4 Å². The lowest BCUT2D eigenvalue weighted by atomic mass is 10.0. The third-order valence-corrected chi connectivity index (χ3v) is 6.04. The summed E-state index contributed by atoms with van der Waals surface area (Å²) in [6, 6.07) is 17.8. The molecule has 2 aromatic rings. The second-order valence-corrected chi connectivity index (χ2v) is 8.82. The molecule has 4 saturated heterocycles.